The number of primary amides is 1. The van der Waals surface area contributed by atoms with E-state index in [9.17, 15) is 4.79 Å². The van der Waals surface area contributed by atoms with Gasteiger partial charge in [-0.3, -0.25) is 4.79 Å². The van der Waals surface area contributed by atoms with E-state index in [0.29, 0.717) is 16.8 Å². The summed E-state index contributed by atoms with van der Waals surface area (Å²) in [7, 11) is 3.75. The van der Waals surface area contributed by atoms with E-state index in [-0.39, 0.29) is 0 Å². The monoisotopic (exact) mass is 324 g/mol. The lowest BCUT2D eigenvalue weighted by Crippen LogP contribution is -2.13. The van der Waals surface area contributed by atoms with Crippen LogP contribution in [-0.4, -0.2) is 25.0 Å². The van der Waals surface area contributed by atoms with Gasteiger partial charge in [-0.2, -0.15) is 0 Å². The van der Waals surface area contributed by atoms with Gasteiger partial charge in [-0.25, -0.2) is 4.98 Å². The van der Waals surface area contributed by atoms with Crippen LogP contribution >= 0.6 is 0 Å². The molecule has 0 unspecified atom stereocenters. The van der Waals surface area contributed by atoms with Crippen LogP contribution in [0.2, 0.25) is 0 Å². The Morgan fingerprint density at radius 2 is 1.83 bits per heavy atom. The van der Waals surface area contributed by atoms with E-state index >= 15 is 0 Å². The van der Waals surface area contributed by atoms with Crippen LogP contribution in [0.3, 0.4) is 0 Å². The molecule has 5 nitrogen and oxygen atoms in total. The number of carbonyl (C=O) groups is 1. The summed E-state index contributed by atoms with van der Waals surface area (Å²) >= 11 is 0. The van der Waals surface area contributed by atoms with Crippen LogP contribution in [0, 0.1) is 6.92 Å². The second kappa shape index (κ2) is 7.27. The van der Waals surface area contributed by atoms with E-state index in [4.69, 9.17) is 11.5 Å². The predicted octanol–water partition coefficient (Wildman–Crippen LogP) is 2.78. The number of nitrogens with zero attached hydrogens (tertiary/aromatic N) is 1. The lowest BCUT2D eigenvalue weighted by molar-refractivity contribution is 0.100. The number of amides is 1. The molecule has 0 atom stereocenters. The zero-order chi connectivity index (χ0) is 17.9. The predicted molar refractivity (Wildman–Crippen MR) is 101 cm³/mol. The van der Waals surface area contributed by atoms with Crippen molar-refractivity contribution >= 4 is 33.4 Å². The van der Waals surface area contributed by atoms with Crippen molar-refractivity contribution < 1.29 is 4.79 Å². The van der Waals surface area contributed by atoms with Crippen LogP contribution in [0.25, 0.3) is 21.8 Å². The van der Waals surface area contributed by atoms with E-state index in [1.54, 1.807) is 6.07 Å². The zero-order valence-corrected chi connectivity index (χ0v) is 14.6. The Morgan fingerprint density at radius 1 is 1.17 bits per heavy atom. The number of nitrogens with two attached hydrogens (primary N) is 2. The Hall–Kier alpha value is -2.66. The van der Waals surface area contributed by atoms with E-state index in [1.165, 1.54) is 0 Å². The second-order valence-electron chi connectivity index (χ2n) is 5.71. The SMILES string of the molecule is CCc1ccc(C(N)=O)c2nc3c(C)cccc3c(N)c12.CNC. The summed E-state index contributed by atoms with van der Waals surface area (Å²) in [6.45, 7) is 4.03. The molecule has 0 saturated carbocycles. The topological polar surface area (TPSA) is 94.0 Å². The molecule has 0 aliphatic rings. The molecule has 2 aromatic carbocycles. The van der Waals surface area contributed by atoms with Crippen molar-refractivity contribution in [2.24, 2.45) is 5.73 Å². The van der Waals surface area contributed by atoms with Crippen LogP contribution in [0.1, 0.15) is 28.4 Å². The minimum atomic E-state index is -0.484. The van der Waals surface area contributed by atoms with Crippen LogP contribution in [-0.2, 0) is 6.42 Å². The summed E-state index contributed by atoms with van der Waals surface area (Å²) in [4.78, 5) is 16.4. The minimum absolute atomic E-state index is 0.416. The fraction of sp³-hybridized carbons (Fsp3) is 0.263. The third-order valence-electron chi connectivity index (χ3n) is 3.93. The van der Waals surface area contributed by atoms with Crippen molar-refractivity contribution in [1.29, 1.82) is 0 Å². The maximum Gasteiger partial charge on any atom is 0.250 e. The number of benzene rings is 2. The van der Waals surface area contributed by atoms with Gasteiger partial charge in [-0.15, -0.1) is 0 Å². The number of hydrogen-bond acceptors (Lipinski definition) is 4. The molecule has 5 N–H and O–H groups in total. The molecule has 1 heterocycles. The maximum atomic E-state index is 11.7. The van der Waals surface area contributed by atoms with Crippen molar-refractivity contribution in [2.45, 2.75) is 20.3 Å². The summed E-state index contributed by atoms with van der Waals surface area (Å²) in [5.41, 5.74) is 16.5. The third kappa shape index (κ3) is 3.03. The van der Waals surface area contributed by atoms with Crippen molar-refractivity contribution in [2.75, 3.05) is 19.8 Å². The number of rotatable bonds is 2. The smallest absolute Gasteiger partial charge is 0.250 e. The van der Waals surface area contributed by atoms with Gasteiger partial charge in [-0.05, 0) is 44.6 Å². The molecular weight excluding hydrogens is 300 g/mol. The Labute approximate surface area is 142 Å². The molecule has 0 aliphatic carbocycles. The van der Waals surface area contributed by atoms with Crippen LogP contribution in [0.4, 0.5) is 5.69 Å². The van der Waals surface area contributed by atoms with Crippen molar-refractivity contribution in [3.63, 3.8) is 0 Å². The summed E-state index contributed by atoms with van der Waals surface area (Å²) in [5.74, 6) is -0.484. The molecule has 1 aromatic heterocycles. The van der Waals surface area contributed by atoms with Gasteiger partial charge in [0.2, 0.25) is 0 Å². The number of fused-ring (bicyclic) bond motifs is 2. The van der Waals surface area contributed by atoms with Gasteiger partial charge in [0, 0.05) is 10.8 Å². The molecule has 0 saturated heterocycles. The van der Waals surface area contributed by atoms with Crippen LogP contribution in [0.15, 0.2) is 30.3 Å². The van der Waals surface area contributed by atoms with Crippen LogP contribution in [0.5, 0.6) is 0 Å². The van der Waals surface area contributed by atoms with E-state index in [1.807, 2.05) is 45.3 Å². The number of aromatic nitrogens is 1. The Balaban J connectivity index is 0.000000647. The zero-order valence-electron chi connectivity index (χ0n) is 14.6. The van der Waals surface area contributed by atoms with E-state index < -0.39 is 5.91 Å². The number of aryl methyl sites for hydroxylation is 2. The first-order valence-corrected chi connectivity index (χ1v) is 7.94. The average Bonchev–Trinajstić information content (AvgIpc) is 2.55. The Kier molecular flexibility index (Phi) is 5.36. The highest BCUT2D eigenvalue weighted by atomic mass is 16.1. The van der Waals surface area contributed by atoms with E-state index in [0.717, 1.165) is 33.8 Å². The van der Waals surface area contributed by atoms with Gasteiger partial charge in [0.05, 0.1) is 22.3 Å². The number of hydrogen-bond donors (Lipinski definition) is 3. The molecule has 0 fully saturated rings. The summed E-state index contributed by atoms with van der Waals surface area (Å²) in [6, 6.07) is 9.54. The lowest BCUT2D eigenvalue weighted by atomic mass is 9.97. The van der Waals surface area contributed by atoms with Gasteiger partial charge in [0.1, 0.15) is 0 Å². The van der Waals surface area contributed by atoms with Crippen molar-refractivity contribution in [3.05, 3.63) is 47.0 Å². The molecule has 126 valence electrons. The molecule has 0 spiro atoms. The standard InChI is InChI=1S/C17H17N3O.C2H7N/c1-3-10-7-8-12(17(19)21)16-13(10)14(18)11-6-4-5-9(2)15(11)20-16;1-3-2/h4-8H,3H2,1-2H3,(H2,18,20)(H2,19,21);3H,1-2H3. The van der Waals surface area contributed by atoms with Gasteiger partial charge < -0.3 is 16.8 Å². The lowest BCUT2D eigenvalue weighted by Gasteiger charge is -2.13. The highest BCUT2D eigenvalue weighted by Crippen LogP contribution is 2.33. The number of para-hydroxylation sites is 1. The molecule has 3 rings (SSSR count). The fourth-order valence-corrected chi connectivity index (χ4v) is 2.81. The molecular formula is C19H24N4O. The first-order valence-electron chi connectivity index (χ1n) is 7.94. The van der Waals surface area contributed by atoms with Gasteiger partial charge in [0.15, 0.2) is 0 Å². The first-order chi connectivity index (χ1) is 11.5. The largest absolute Gasteiger partial charge is 0.398 e. The van der Waals surface area contributed by atoms with E-state index in [2.05, 4.69) is 17.2 Å². The highest BCUT2D eigenvalue weighted by molar-refractivity contribution is 6.14. The Bertz CT molecular complexity index is 903. The number of pyridine rings is 1. The van der Waals surface area contributed by atoms with Crippen molar-refractivity contribution in [1.82, 2.24) is 10.3 Å². The first kappa shape index (κ1) is 17.7. The molecule has 0 aliphatic heterocycles. The summed E-state index contributed by atoms with van der Waals surface area (Å²) in [5, 5.41) is 4.51. The molecule has 1 amide bonds. The molecule has 3 aromatic rings. The average molecular weight is 324 g/mol. The molecule has 0 bridgehead atoms. The fourth-order valence-electron chi connectivity index (χ4n) is 2.81. The number of nitrogen functional groups attached to an aromatic ring is 1. The number of carbonyl (C=O) groups excluding carboxylic acids is 1. The number of nitrogens with one attached hydrogen (secondary N) is 1. The normalized spacial score (nSPS) is 10.5. The Morgan fingerprint density at radius 3 is 2.42 bits per heavy atom. The van der Waals surface area contributed by atoms with Crippen molar-refractivity contribution in [3.8, 4) is 0 Å². The van der Waals surface area contributed by atoms with Gasteiger partial charge in [-0.1, -0.05) is 31.2 Å². The molecule has 24 heavy (non-hydrogen) atoms. The summed E-state index contributed by atoms with van der Waals surface area (Å²) < 4.78 is 0. The third-order valence-corrected chi connectivity index (χ3v) is 3.93. The number of anilines is 1. The molecule has 0 radical (unpaired) electrons. The van der Waals surface area contributed by atoms with Gasteiger partial charge >= 0.3 is 0 Å². The quantitative estimate of drug-likeness (QED) is 0.632. The highest BCUT2D eigenvalue weighted by Gasteiger charge is 2.16. The summed E-state index contributed by atoms with van der Waals surface area (Å²) in [6.07, 6.45) is 0.818. The minimum Gasteiger partial charge on any atom is -0.398 e. The van der Waals surface area contributed by atoms with Gasteiger partial charge in [0.25, 0.3) is 5.91 Å². The molecule has 5 heteroatoms. The second-order valence-corrected chi connectivity index (χ2v) is 5.71. The van der Waals surface area contributed by atoms with Crippen LogP contribution < -0.4 is 16.8 Å². The maximum absolute atomic E-state index is 11.7.